The van der Waals surface area contributed by atoms with Gasteiger partial charge in [0, 0.05) is 6.04 Å². The number of rotatable bonds is 3. The van der Waals surface area contributed by atoms with Gasteiger partial charge < -0.3 is 5.73 Å². The number of hydrogen-bond acceptors (Lipinski definition) is 1. The van der Waals surface area contributed by atoms with Crippen LogP contribution in [0.5, 0.6) is 0 Å². The van der Waals surface area contributed by atoms with E-state index in [2.05, 4.69) is 19.9 Å². The molecule has 2 rings (SSSR count). The van der Waals surface area contributed by atoms with E-state index in [0.29, 0.717) is 16.0 Å². The standard InChI is InChI=1S/C13H17Cl2N/c1-8-6-13(8,7-9(2)16)10-3-4-11(14)12(15)5-10/h3-5,8-9H,6-7,16H2,1-2H3/t8-,9?,13+/m0/s1. The van der Waals surface area contributed by atoms with Crippen LogP contribution in [-0.2, 0) is 5.41 Å². The Hall–Kier alpha value is -0.240. The second-order valence-electron chi connectivity index (χ2n) is 5.07. The van der Waals surface area contributed by atoms with Crippen molar-refractivity contribution in [2.75, 3.05) is 0 Å². The van der Waals surface area contributed by atoms with Crippen LogP contribution in [0.1, 0.15) is 32.3 Å². The predicted molar refractivity (Wildman–Crippen MR) is 70.2 cm³/mol. The zero-order valence-electron chi connectivity index (χ0n) is 9.63. The Kier molecular flexibility index (Phi) is 3.22. The van der Waals surface area contributed by atoms with Crippen molar-refractivity contribution in [1.29, 1.82) is 0 Å². The maximum atomic E-state index is 6.07. The van der Waals surface area contributed by atoms with E-state index in [1.807, 2.05) is 12.1 Å². The molecule has 3 atom stereocenters. The average molecular weight is 258 g/mol. The topological polar surface area (TPSA) is 26.0 Å². The molecule has 2 N–H and O–H groups in total. The van der Waals surface area contributed by atoms with Crippen molar-refractivity contribution in [2.45, 2.75) is 38.1 Å². The van der Waals surface area contributed by atoms with Crippen molar-refractivity contribution in [3.05, 3.63) is 33.8 Å². The molecule has 1 aliphatic carbocycles. The van der Waals surface area contributed by atoms with Gasteiger partial charge in [0.05, 0.1) is 10.0 Å². The van der Waals surface area contributed by atoms with Crippen LogP contribution >= 0.6 is 23.2 Å². The lowest BCUT2D eigenvalue weighted by molar-refractivity contribution is 0.511. The van der Waals surface area contributed by atoms with Gasteiger partial charge in [-0.25, -0.2) is 0 Å². The Morgan fingerprint density at radius 1 is 1.44 bits per heavy atom. The molecule has 1 nitrogen and oxygen atoms in total. The first-order chi connectivity index (χ1) is 7.45. The van der Waals surface area contributed by atoms with Crippen LogP contribution in [0.2, 0.25) is 10.0 Å². The molecule has 1 fully saturated rings. The summed E-state index contributed by atoms with van der Waals surface area (Å²) in [6, 6.07) is 6.18. The Balaban J connectivity index is 2.31. The largest absolute Gasteiger partial charge is 0.328 e. The van der Waals surface area contributed by atoms with Crippen LogP contribution in [0.3, 0.4) is 0 Å². The second-order valence-corrected chi connectivity index (χ2v) is 5.89. The molecule has 0 saturated heterocycles. The highest BCUT2D eigenvalue weighted by Gasteiger charge is 2.52. The summed E-state index contributed by atoms with van der Waals surface area (Å²) in [5.41, 5.74) is 7.45. The first-order valence-corrected chi connectivity index (χ1v) is 6.42. The molecule has 0 bridgehead atoms. The van der Waals surface area contributed by atoms with Crippen LogP contribution in [0.15, 0.2) is 18.2 Å². The van der Waals surface area contributed by atoms with Gasteiger partial charge in [-0.2, -0.15) is 0 Å². The molecule has 1 aromatic carbocycles. The third-order valence-corrected chi connectivity index (χ3v) is 4.37. The van der Waals surface area contributed by atoms with E-state index in [1.165, 1.54) is 12.0 Å². The molecule has 0 radical (unpaired) electrons. The van der Waals surface area contributed by atoms with Crippen molar-refractivity contribution in [2.24, 2.45) is 11.7 Å². The molecule has 1 aliphatic rings. The fourth-order valence-corrected chi connectivity index (χ4v) is 2.97. The van der Waals surface area contributed by atoms with E-state index in [1.54, 1.807) is 0 Å². The van der Waals surface area contributed by atoms with Gasteiger partial charge in [-0.1, -0.05) is 36.2 Å². The number of hydrogen-bond donors (Lipinski definition) is 1. The highest BCUT2D eigenvalue weighted by atomic mass is 35.5. The fourth-order valence-electron chi connectivity index (χ4n) is 2.67. The highest BCUT2D eigenvalue weighted by Crippen LogP contribution is 2.57. The van der Waals surface area contributed by atoms with Crippen molar-refractivity contribution < 1.29 is 0 Å². The normalized spacial score (nSPS) is 30.2. The van der Waals surface area contributed by atoms with E-state index in [-0.39, 0.29) is 11.5 Å². The zero-order valence-corrected chi connectivity index (χ0v) is 11.1. The fraction of sp³-hybridized carbons (Fsp3) is 0.538. The van der Waals surface area contributed by atoms with Crippen LogP contribution in [-0.4, -0.2) is 6.04 Å². The maximum Gasteiger partial charge on any atom is 0.0595 e. The third-order valence-electron chi connectivity index (χ3n) is 3.63. The lowest BCUT2D eigenvalue weighted by Gasteiger charge is -2.20. The molecule has 1 unspecified atom stereocenters. The smallest absolute Gasteiger partial charge is 0.0595 e. The second kappa shape index (κ2) is 4.21. The summed E-state index contributed by atoms with van der Waals surface area (Å²) >= 11 is 12.0. The quantitative estimate of drug-likeness (QED) is 0.871. The maximum absolute atomic E-state index is 6.07. The summed E-state index contributed by atoms with van der Waals surface area (Å²) in [7, 11) is 0. The van der Waals surface area contributed by atoms with E-state index in [0.717, 1.165) is 6.42 Å². The zero-order chi connectivity index (χ0) is 11.9. The highest BCUT2D eigenvalue weighted by molar-refractivity contribution is 6.42. The summed E-state index contributed by atoms with van der Waals surface area (Å²) in [5, 5.41) is 1.26. The Morgan fingerprint density at radius 3 is 2.50 bits per heavy atom. The van der Waals surface area contributed by atoms with Crippen molar-refractivity contribution in [3.63, 3.8) is 0 Å². The van der Waals surface area contributed by atoms with E-state index in [4.69, 9.17) is 28.9 Å². The monoisotopic (exact) mass is 257 g/mol. The first-order valence-electron chi connectivity index (χ1n) is 5.67. The predicted octanol–water partition coefficient (Wildman–Crippen LogP) is 4.01. The number of halogens is 2. The Morgan fingerprint density at radius 2 is 2.06 bits per heavy atom. The van der Waals surface area contributed by atoms with Gasteiger partial charge in [0.2, 0.25) is 0 Å². The lowest BCUT2D eigenvalue weighted by atomic mass is 9.87. The molecule has 1 saturated carbocycles. The molecule has 0 spiro atoms. The van der Waals surface area contributed by atoms with Crippen LogP contribution < -0.4 is 5.73 Å². The van der Waals surface area contributed by atoms with Crippen LogP contribution in [0.25, 0.3) is 0 Å². The first kappa shape index (κ1) is 12.2. The Bertz CT molecular complexity index is 403. The van der Waals surface area contributed by atoms with Gasteiger partial charge in [-0.05, 0) is 48.8 Å². The summed E-state index contributed by atoms with van der Waals surface area (Å²) in [5.74, 6) is 0.691. The van der Waals surface area contributed by atoms with Crippen LogP contribution in [0, 0.1) is 5.92 Å². The van der Waals surface area contributed by atoms with Crippen molar-refractivity contribution in [1.82, 2.24) is 0 Å². The molecular weight excluding hydrogens is 241 g/mol. The van der Waals surface area contributed by atoms with E-state index in [9.17, 15) is 0 Å². The third kappa shape index (κ3) is 2.09. The van der Waals surface area contributed by atoms with Gasteiger partial charge in [-0.15, -0.1) is 0 Å². The minimum Gasteiger partial charge on any atom is -0.328 e. The summed E-state index contributed by atoms with van der Waals surface area (Å²) in [6.45, 7) is 4.33. The van der Waals surface area contributed by atoms with Gasteiger partial charge in [0.15, 0.2) is 0 Å². The van der Waals surface area contributed by atoms with E-state index < -0.39 is 0 Å². The summed E-state index contributed by atoms with van der Waals surface area (Å²) in [4.78, 5) is 0. The number of benzene rings is 1. The minimum absolute atomic E-state index is 0.222. The van der Waals surface area contributed by atoms with Crippen molar-refractivity contribution in [3.8, 4) is 0 Å². The number of nitrogens with two attached hydrogens (primary N) is 1. The average Bonchev–Trinajstić information content (AvgIpc) is 2.81. The molecule has 0 heterocycles. The molecule has 3 heteroatoms. The minimum atomic E-state index is 0.222. The molecule has 1 aromatic rings. The van der Waals surface area contributed by atoms with Gasteiger partial charge in [0.25, 0.3) is 0 Å². The molecule has 88 valence electrons. The molecule has 0 amide bonds. The van der Waals surface area contributed by atoms with Gasteiger partial charge >= 0.3 is 0 Å². The molecule has 0 aromatic heterocycles. The lowest BCUT2D eigenvalue weighted by Crippen LogP contribution is -2.24. The van der Waals surface area contributed by atoms with Gasteiger partial charge in [0.1, 0.15) is 0 Å². The molecule has 16 heavy (non-hydrogen) atoms. The summed E-state index contributed by atoms with van der Waals surface area (Å²) in [6.07, 6.45) is 2.22. The van der Waals surface area contributed by atoms with Crippen molar-refractivity contribution >= 4 is 23.2 Å². The SMILES string of the molecule is CC(N)C[C@]1(c2ccc(Cl)c(Cl)c2)C[C@@H]1C. The van der Waals surface area contributed by atoms with Crippen LogP contribution in [0.4, 0.5) is 0 Å². The molecular formula is C13H17Cl2N. The Labute approximate surface area is 107 Å². The summed E-state index contributed by atoms with van der Waals surface area (Å²) < 4.78 is 0. The van der Waals surface area contributed by atoms with E-state index >= 15 is 0 Å². The molecule has 0 aliphatic heterocycles. The van der Waals surface area contributed by atoms with Gasteiger partial charge in [-0.3, -0.25) is 0 Å².